The Morgan fingerprint density at radius 3 is 2.52 bits per heavy atom. The van der Waals surface area contributed by atoms with Gasteiger partial charge in [0, 0.05) is 5.69 Å². The number of carbonyl (C=O) groups is 1. The van der Waals surface area contributed by atoms with E-state index in [2.05, 4.69) is 0 Å². The molecule has 0 saturated carbocycles. The predicted molar refractivity (Wildman–Crippen MR) is 81.1 cm³/mol. The van der Waals surface area contributed by atoms with Gasteiger partial charge in [-0.2, -0.15) is 13.2 Å². The molecular formula is C17H16F3NO2. The third kappa shape index (κ3) is 4.25. The molecule has 0 fully saturated rings. The van der Waals surface area contributed by atoms with Crippen LogP contribution < -0.4 is 5.73 Å². The Morgan fingerprint density at radius 2 is 1.91 bits per heavy atom. The van der Waals surface area contributed by atoms with Crippen molar-refractivity contribution in [3.63, 3.8) is 0 Å². The molecule has 0 spiro atoms. The maximum absolute atomic E-state index is 13.3. The normalized spacial score (nSPS) is 11.3. The van der Waals surface area contributed by atoms with Crippen LogP contribution in [0.4, 0.5) is 18.9 Å². The van der Waals surface area contributed by atoms with Crippen molar-refractivity contribution < 1.29 is 22.7 Å². The Bertz CT molecular complexity index is 711. The van der Waals surface area contributed by atoms with Crippen LogP contribution in [0, 0.1) is 0 Å². The maximum Gasteiger partial charge on any atom is 0.416 e. The number of nitrogen functional groups attached to an aromatic ring is 1. The van der Waals surface area contributed by atoms with Crippen LogP contribution in [0.5, 0.6) is 0 Å². The highest BCUT2D eigenvalue weighted by molar-refractivity contribution is 5.89. The number of hydrogen-bond donors (Lipinski definition) is 1. The molecule has 0 heterocycles. The lowest BCUT2D eigenvalue weighted by Crippen LogP contribution is -2.13. The minimum atomic E-state index is -4.56. The van der Waals surface area contributed by atoms with Gasteiger partial charge >= 0.3 is 12.1 Å². The van der Waals surface area contributed by atoms with Crippen LogP contribution in [-0.4, -0.2) is 12.6 Å². The molecule has 0 unspecified atom stereocenters. The molecular weight excluding hydrogens is 307 g/mol. The molecule has 0 aromatic heterocycles. The molecule has 0 aliphatic carbocycles. The molecule has 23 heavy (non-hydrogen) atoms. The zero-order valence-electron chi connectivity index (χ0n) is 12.5. The molecule has 2 N–H and O–H groups in total. The fourth-order valence-electron chi connectivity index (χ4n) is 2.26. The van der Waals surface area contributed by atoms with E-state index in [1.165, 1.54) is 12.1 Å². The van der Waals surface area contributed by atoms with Crippen molar-refractivity contribution in [1.29, 1.82) is 0 Å². The van der Waals surface area contributed by atoms with Crippen LogP contribution >= 0.6 is 0 Å². The van der Waals surface area contributed by atoms with Gasteiger partial charge in [0.05, 0.1) is 17.7 Å². The van der Waals surface area contributed by atoms with Crippen LogP contribution in [0.3, 0.4) is 0 Å². The van der Waals surface area contributed by atoms with Crippen LogP contribution in [0.15, 0.2) is 42.5 Å². The average Bonchev–Trinajstić information content (AvgIpc) is 2.46. The molecule has 0 amide bonds. The van der Waals surface area contributed by atoms with Gasteiger partial charge in [0.2, 0.25) is 0 Å². The summed E-state index contributed by atoms with van der Waals surface area (Å²) in [6.45, 7) is 1.70. The largest absolute Gasteiger partial charge is 0.462 e. The van der Waals surface area contributed by atoms with Gasteiger partial charge in [-0.25, -0.2) is 4.79 Å². The SMILES string of the molecule is CCOC(=O)c1ccc(Cc2cccc(N)c2)c(C(F)(F)F)c1. The van der Waals surface area contributed by atoms with Gasteiger partial charge < -0.3 is 10.5 Å². The highest BCUT2D eigenvalue weighted by Gasteiger charge is 2.34. The number of halogens is 3. The van der Waals surface area contributed by atoms with E-state index in [4.69, 9.17) is 10.5 Å². The Morgan fingerprint density at radius 1 is 1.17 bits per heavy atom. The monoisotopic (exact) mass is 323 g/mol. The van der Waals surface area contributed by atoms with Gasteiger partial charge in [0.15, 0.2) is 0 Å². The van der Waals surface area contributed by atoms with Gasteiger partial charge in [-0.3, -0.25) is 0 Å². The fraction of sp³-hybridized carbons (Fsp3) is 0.235. The summed E-state index contributed by atoms with van der Waals surface area (Å²) < 4.78 is 44.6. The lowest BCUT2D eigenvalue weighted by Gasteiger charge is -2.14. The van der Waals surface area contributed by atoms with E-state index >= 15 is 0 Å². The lowest BCUT2D eigenvalue weighted by molar-refractivity contribution is -0.138. The minimum Gasteiger partial charge on any atom is -0.462 e. The molecule has 2 aromatic rings. The molecule has 3 nitrogen and oxygen atoms in total. The number of benzene rings is 2. The van der Waals surface area contributed by atoms with E-state index in [0.717, 1.165) is 6.07 Å². The second-order valence-electron chi connectivity index (χ2n) is 5.01. The second kappa shape index (κ2) is 6.73. The lowest BCUT2D eigenvalue weighted by atomic mass is 9.97. The Kier molecular flexibility index (Phi) is 4.93. The van der Waals surface area contributed by atoms with Crippen LogP contribution in [0.2, 0.25) is 0 Å². The van der Waals surface area contributed by atoms with Crippen molar-refractivity contribution >= 4 is 11.7 Å². The quantitative estimate of drug-likeness (QED) is 0.682. The summed E-state index contributed by atoms with van der Waals surface area (Å²) in [5, 5.41) is 0. The fourth-order valence-corrected chi connectivity index (χ4v) is 2.26. The number of ether oxygens (including phenoxy) is 1. The summed E-state index contributed by atoms with van der Waals surface area (Å²) in [5.74, 6) is -0.770. The number of carbonyl (C=O) groups excluding carboxylic acids is 1. The maximum atomic E-state index is 13.3. The van der Waals surface area contributed by atoms with Crippen LogP contribution in [0.1, 0.15) is 34.0 Å². The number of rotatable bonds is 4. The molecule has 2 rings (SSSR count). The van der Waals surface area contributed by atoms with E-state index in [0.29, 0.717) is 11.3 Å². The van der Waals surface area contributed by atoms with Crippen molar-refractivity contribution in [2.45, 2.75) is 19.5 Å². The molecule has 0 bridgehead atoms. The standard InChI is InChI=1S/C17H16F3NO2/c1-2-23-16(22)13-7-6-12(15(10-13)17(18,19)20)8-11-4-3-5-14(21)9-11/h3-7,9-10H,2,8,21H2,1H3. The van der Waals surface area contributed by atoms with Gasteiger partial charge in [0.1, 0.15) is 0 Å². The van der Waals surface area contributed by atoms with Gasteiger partial charge in [-0.05, 0) is 48.7 Å². The molecule has 0 saturated heterocycles. The number of esters is 1. The summed E-state index contributed by atoms with van der Waals surface area (Å²) >= 11 is 0. The zero-order valence-corrected chi connectivity index (χ0v) is 12.5. The first-order valence-corrected chi connectivity index (χ1v) is 7.03. The second-order valence-corrected chi connectivity index (χ2v) is 5.01. The van der Waals surface area contributed by atoms with Gasteiger partial charge in [-0.15, -0.1) is 0 Å². The topological polar surface area (TPSA) is 52.3 Å². The first kappa shape index (κ1) is 16.9. The van der Waals surface area contributed by atoms with E-state index in [1.54, 1.807) is 31.2 Å². The van der Waals surface area contributed by atoms with Crippen molar-refractivity contribution in [2.75, 3.05) is 12.3 Å². The van der Waals surface area contributed by atoms with Crippen LogP contribution in [0.25, 0.3) is 0 Å². The molecule has 122 valence electrons. The predicted octanol–water partition coefficient (Wildman–Crippen LogP) is 4.06. The summed E-state index contributed by atoms with van der Waals surface area (Å²) in [6, 6.07) is 10.2. The van der Waals surface area contributed by atoms with Crippen LogP contribution in [-0.2, 0) is 17.3 Å². The van der Waals surface area contributed by atoms with Crippen molar-refractivity contribution in [3.05, 3.63) is 64.7 Å². The summed E-state index contributed by atoms with van der Waals surface area (Å²) in [5.41, 5.74) is 5.92. The number of nitrogens with two attached hydrogens (primary N) is 1. The highest BCUT2D eigenvalue weighted by Crippen LogP contribution is 2.34. The van der Waals surface area contributed by atoms with Crippen molar-refractivity contribution in [3.8, 4) is 0 Å². The van der Waals surface area contributed by atoms with Gasteiger partial charge in [-0.1, -0.05) is 18.2 Å². The molecule has 2 aromatic carbocycles. The Balaban J connectivity index is 2.41. The Labute approximate surface area is 131 Å². The van der Waals surface area contributed by atoms with E-state index < -0.39 is 17.7 Å². The smallest absolute Gasteiger partial charge is 0.416 e. The molecule has 0 aliphatic rings. The van der Waals surface area contributed by atoms with E-state index in [9.17, 15) is 18.0 Å². The van der Waals surface area contributed by atoms with E-state index in [1.807, 2.05) is 0 Å². The molecule has 6 heteroatoms. The molecule has 0 aliphatic heterocycles. The third-order valence-corrected chi connectivity index (χ3v) is 3.27. The summed E-state index contributed by atoms with van der Waals surface area (Å²) in [7, 11) is 0. The first-order valence-electron chi connectivity index (χ1n) is 7.03. The summed E-state index contributed by atoms with van der Waals surface area (Å²) in [4.78, 5) is 11.6. The average molecular weight is 323 g/mol. The Hall–Kier alpha value is -2.50. The summed E-state index contributed by atoms with van der Waals surface area (Å²) in [6.07, 6.45) is -4.48. The number of alkyl halides is 3. The minimum absolute atomic E-state index is 0.0724. The third-order valence-electron chi connectivity index (χ3n) is 3.27. The van der Waals surface area contributed by atoms with Gasteiger partial charge in [0.25, 0.3) is 0 Å². The molecule has 0 atom stereocenters. The van der Waals surface area contributed by atoms with Crippen molar-refractivity contribution in [2.24, 2.45) is 0 Å². The zero-order chi connectivity index (χ0) is 17.0. The highest BCUT2D eigenvalue weighted by atomic mass is 19.4. The van der Waals surface area contributed by atoms with Crippen molar-refractivity contribution in [1.82, 2.24) is 0 Å². The number of anilines is 1. The first-order chi connectivity index (χ1) is 10.8. The van der Waals surface area contributed by atoms with E-state index in [-0.39, 0.29) is 24.2 Å². The molecule has 0 radical (unpaired) electrons. The number of hydrogen-bond acceptors (Lipinski definition) is 3.